The fourth-order valence-electron chi connectivity index (χ4n) is 1.57. The third-order valence-corrected chi connectivity index (χ3v) is 2.60. The molecule has 0 aliphatic heterocycles. The lowest BCUT2D eigenvalue weighted by Gasteiger charge is -1.99. The lowest BCUT2D eigenvalue weighted by Crippen LogP contribution is -1.80. The van der Waals surface area contributed by atoms with Gasteiger partial charge in [-0.25, -0.2) is 0 Å². The van der Waals surface area contributed by atoms with Gasteiger partial charge in [-0.1, -0.05) is 57.9 Å². The predicted molar refractivity (Wildman–Crippen MR) is 67.2 cm³/mol. The molecule has 15 heavy (non-hydrogen) atoms. The van der Waals surface area contributed by atoms with Crippen molar-refractivity contribution in [3.8, 4) is 0 Å². The molecule has 88 valence electrons. The highest BCUT2D eigenvalue weighted by Crippen LogP contribution is 2.09. The summed E-state index contributed by atoms with van der Waals surface area (Å²) < 4.78 is 0. The van der Waals surface area contributed by atoms with E-state index in [-0.39, 0.29) is 5.24 Å². The topological polar surface area (TPSA) is 17.1 Å². The van der Waals surface area contributed by atoms with E-state index in [1.807, 2.05) is 6.08 Å². The Morgan fingerprint density at radius 1 is 1.00 bits per heavy atom. The Labute approximate surface area is 98.9 Å². The molecule has 2 heteroatoms. The molecule has 0 aliphatic rings. The van der Waals surface area contributed by atoms with Gasteiger partial charge in [0.1, 0.15) is 0 Å². The molecule has 0 radical (unpaired) electrons. The average molecular weight is 231 g/mol. The van der Waals surface area contributed by atoms with E-state index in [2.05, 4.69) is 6.92 Å². The zero-order valence-corrected chi connectivity index (χ0v) is 10.6. The van der Waals surface area contributed by atoms with Crippen LogP contribution in [0.2, 0.25) is 0 Å². The van der Waals surface area contributed by atoms with Crippen molar-refractivity contribution in [2.24, 2.45) is 0 Å². The average Bonchev–Trinajstić information content (AvgIpc) is 2.20. The van der Waals surface area contributed by atoms with Crippen molar-refractivity contribution in [3.63, 3.8) is 0 Å². The summed E-state index contributed by atoms with van der Waals surface area (Å²) >= 11 is 5.16. The van der Waals surface area contributed by atoms with Gasteiger partial charge in [-0.15, -0.1) is 0 Å². The zero-order chi connectivity index (χ0) is 11.4. The molecule has 0 aromatic rings. The summed E-state index contributed by atoms with van der Waals surface area (Å²) in [5.74, 6) is 0. The van der Waals surface area contributed by atoms with Crippen molar-refractivity contribution in [3.05, 3.63) is 12.2 Å². The molecule has 0 saturated carbocycles. The quantitative estimate of drug-likeness (QED) is 0.298. The summed E-state index contributed by atoms with van der Waals surface area (Å²) in [6.45, 7) is 2.24. The van der Waals surface area contributed by atoms with E-state index < -0.39 is 0 Å². The third-order valence-electron chi connectivity index (χ3n) is 2.47. The van der Waals surface area contributed by atoms with Gasteiger partial charge in [0.15, 0.2) is 0 Å². The maximum atomic E-state index is 10.4. The van der Waals surface area contributed by atoms with Crippen molar-refractivity contribution in [1.82, 2.24) is 0 Å². The van der Waals surface area contributed by atoms with Gasteiger partial charge in [-0.2, -0.15) is 0 Å². The Kier molecular flexibility index (Phi) is 11.5. The van der Waals surface area contributed by atoms with Crippen molar-refractivity contribution >= 4 is 16.8 Å². The van der Waals surface area contributed by atoms with Crippen LogP contribution in [0.25, 0.3) is 0 Å². The first kappa shape index (κ1) is 14.7. The first-order valence-electron chi connectivity index (χ1n) is 6.13. The Morgan fingerprint density at radius 3 is 2.07 bits per heavy atom. The van der Waals surface area contributed by atoms with Crippen LogP contribution in [0.15, 0.2) is 12.2 Å². The fourth-order valence-corrected chi connectivity index (χ4v) is 1.66. The molecule has 0 aromatic heterocycles. The second kappa shape index (κ2) is 11.8. The van der Waals surface area contributed by atoms with E-state index in [9.17, 15) is 4.79 Å². The van der Waals surface area contributed by atoms with E-state index in [0.717, 1.165) is 6.42 Å². The van der Waals surface area contributed by atoms with Gasteiger partial charge < -0.3 is 0 Å². The fraction of sp³-hybridized carbons (Fsp3) is 0.769. The zero-order valence-electron chi connectivity index (χ0n) is 9.80. The van der Waals surface area contributed by atoms with Crippen LogP contribution in [0, 0.1) is 0 Å². The smallest absolute Gasteiger partial charge is 0.244 e. The summed E-state index contributed by atoms with van der Waals surface area (Å²) in [5.41, 5.74) is 0. The van der Waals surface area contributed by atoms with E-state index in [1.54, 1.807) is 0 Å². The predicted octanol–water partition coefficient (Wildman–Crippen LogP) is 4.84. The van der Waals surface area contributed by atoms with Crippen molar-refractivity contribution in [2.75, 3.05) is 0 Å². The molecule has 0 aromatic carbocycles. The molecule has 0 bridgehead atoms. The highest BCUT2D eigenvalue weighted by atomic mass is 35.5. The molecular formula is C13H23ClO. The third kappa shape index (κ3) is 13.7. The molecule has 0 fully saturated rings. The molecule has 0 aliphatic carbocycles. The molecule has 1 nitrogen and oxygen atoms in total. The molecule has 0 unspecified atom stereocenters. The standard InChI is InChI=1S/C13H23ClO/c1-2-3-4-5-6-7-8-9-10-11-12-13(14)15/h11-12H,2-10H2,1H3. The summed E-state index contributed by atoms with van der Waals surface area (Å²) in [5, 5.41) is -0.366. The summed E-state index contributed by atoms with van der Waals surface area (Å²) in [6, 6.07) is 0. The highest BCUT2D eigenvalue weighted by molar-refractivity contribution is 6.66. The Bertz CT molecular complexity index is 175. The highest BCUT2D eigenvalue weighted by Gasteiger charge is 1.90. The van der Waals surface area contributed by atoms with Crippen LogP contribution < -0.4 is 0 Å². The number of allylic oxidation sites excluding steroid dienone is 2. The van der Waals surface area contributed by atoms with E-state index in [0.29, 0.717) is 0 Å². The van der Waals surface area contributed by atoms with Gasteiger partial charge in [0, 0.05) is 0 Å². The minimum absolute atomic E-state index is 0.366. The normalized spacial score (nSPS) is 11.1. The number of hydrogen-bond donors (Lipinski definition) is 0. The molecular weight excluding hydrogens is 208 g/mol. The van der Waals surface area contributed by atoms with Crippen LogP contribution in [-0.4, -0.2) is 5.24 Å². The van der Waals surface area contributed by atoms with Gasteiger partial charge in [-0.05, 0) is 30.5 Å². The Hall–Kier alpha value is -0.300. The van der Waals surface area contributed by atoms with E-state index in [1.165, 1.54) is 57.4 Å². The number of carbonyl (C=O) groups is 1. The van der Waals surface area contributed by atoms with Gasteiger partial charge >= 0.3 is 0 Å². The number of hydrogen-bond acceptors (Lipinski definition) is 1. The van der Waals surface area contributed by atoms with Crippen LogP contribution >= 0.6 is 11.6 Å². The van der Waals surface area contributed by atoms with Crippen molar-refractivity contribution in [1.29, 1.82) is 0 Å². The number of unbranched alkanes of at least 4 members (excludes halogenated alkanes) is 8. The van der Waals surface area contributed by atoms with Crippen LogP contribution in [0.5, 0.6) is 0 Å². The molecule has 0 spiro atoms. The number of carbonyl (C=O) groups excluding carboxylic acids is 1. The SMILES string of the molecule is CCCCCCCCCCC=CC(=O)Cl. The van der Waals surface area contributed by atoms with Crippen LogP contribution in [0.1, 0.15) is 64.7 Å². The summed E-state index contributed by atoms with van der Waals surface area (Å²) in [6.07, 6.45) is 14.9. The number of halogens is 1. The van der Waals surface area contributed by atoms with Crippen molar-refractivity contribution in [2.45, 2.75) is 64.7 Å². The second-order valence-electron chi connectivity index (χ2n) is 3.97. The Balaban J connectivity index is 3.02. The summed E-state index contributed by atoms with van der Waals surface area (Å²) in [4.78, 5) is 10.4. The molecule has 0 saturated heterocycles. The van der Waals surface area contributed by atoms with Gasteiger partial charge in [-0.3, -0.25) is 4.79 Å². The van der Waals surface area contributed by atoms with Crippen LogP contribution in [0.4, 0.5) is 0 Å². The van der Waals surface area contributed by atoms with E-state index >= 15 is 0 Å². The number of rotatable bonds is 10. The maximum absolute atomic E-state index is 10.4. The first-order chi connectivity index (χ1) is 7.27. The van der Waals surface area contributed by atoms with Gasteiger partial charge in [0.2, 0.25) is 5.24 Å². The van der Waals surface area contributed by atoms with E-state index in [4.69, 9.17) is 11.6 Å². The molecule has 0 amide bonds. The maximum Gasteiger partial charge on any atom is 0.244 e. The first-order valence-corrected chi connectivity index (χ1v) is 6.51. The minimum atomic E-state index is -0.366. The van der Waals surface area contributed by atoms with Gasteiger partial charge in [0.05, 0.1) is 0 Å². The molecule has 0 rings (SSSR count). The molecule has 0 heterocycles. The molecule has 0 N–H and O–H groups in total. The lowest BCUT2D eigenvalue weighted by molar-refractivity contribution is -0.107. The second-order valence-corrected chi connectivity index (χ2v) is 4.34. The summed E-state index contributed by atoms with van der Waals surface area (Å²) in [7, 11) is 0. The molecule has 0 atom stereocenters. The Morgan fingerprint density at radius 2 is 1.53 bits per heavy atom. The minimum Gasteiger partial charge on any atom is -0.276 e. The van der Waals surface area contributed by atoms with Gasteiger partial charge in [0.25, 0.3) is 0 Å². The largest absolute Gasteiger partial charge is 0.276 e. The monoisotopic (exact) mass is 230 g/mol. The van der Waals surface area contributed by atoms with Crippen LogP contribution in [0.3, 0.4) is 0 Å². The lowest BCUT2D eigenvalue weighted by atomic mass is 10.1. The van der Waals surface area contributed by atoms with Crippen molar-refractivity contribution < 1.29 is 4.79 Å². The van der Waals surface area contributed by atoms with Crippen LogP contribution in [-0.2, 0) is 4.79 Å².